The molecule has 2 aliphatic rings. The molecule has 1 N–H and O–H groups in total. The highest BCUT2D eigenvalue weighted by Crippen LogP contribution is 2.36. The van der Waals surface area contributed by atoms with Gasteiger partial charge in [0.1, 0.15) is 17.7 Å². The number of aliphatic imine (C=N–C) groups is 1. The number of fused-ring (bicyclic) bond motifs is 4. The summed E-state index contributed by atoms with van der Waals surface area (Å²) in [5.74, 6) is 2.55. The molecule has 3 aromatic rings. The zero-order valence-corrected chi connectivity index (χ0v) is 14.3. The largest absolute Gasteiger partial charge is 0.497 e. The van der Waals surface area contributed by atoms with Crippen LogP contribution in [0.1, 0.15) is 23.3 Å². The lowest BCUT2D eigenvalue weighted by molar-refractivity contribution is 0.415. The summed E-state index contributed by atoms with van der Waals surface area (Å²) >= 11 is 0. The number of hydrogen-bond donors (Lipinski definition) is 1. The summed E-state index contributed by atoms with van der Waals surface area (Å²) in [5, 5.41) is 13.1. The Labute approximate surface area is 144 Å². The summed E-state index contributed by atoms with van der Waals surface area (Å²) in [6.45, 7) is 1.97. The molecule has 0 aliphatic carbocycles. The Bertz CT molecular complexity index is 1060. The van der Waals surface area contributed by atoms with E-state index in [1.54, 1.807) is 13.3 Å². The highest BCUT2D eigenvalue weighted by atomic mass is 16.5. The number of hydrogen-bond acceptors (Lipinski definition) is 5. The van der Waals surface area contributed by atoms with E-state index in [1.807, 2.05) is 13.0 Å². The lowest BCUT2D eigenvalue weighted by Gasteiger charge is -2.22. The standard InChI is InChI=1S/C18H18N6O/c1-10-21-22-17-8-19-18-16(24(10)17)7-14(20-18)13-9-23(2)15-5-4-11(25-3)6-12(13)15/h4-9,16,18,20H,1-3H3. The van der Waals surface area contributed by atoms with E-state index in [0.717, 1.165) is 39.6 Å². The van der Waals surface area contributed by atoms with Crippen LogP contribution in [0.3, 0.4) is 0 Å². The molecule has 0 fully saturated rings. The molecule has 25 heavy (non-hydrogen) atoms. The van der Waals surface area contributed by atoms with E-state index in [1.165, 1.54) is 0 Å². The molecule has 2 unspecified atom stereocenters. The van der Waals surface area contributed by atoms with Gasteiger partial charge in [-0.3, -0.25) is 9.56 Å². The van der Waals surface area contributed by atoms with Crippen LogP contribution in [-0.4, -0.2) is 38.8 Å². The van der Waals surface area contributed by atoms with Crippen LogP contribution in [0.25, 0.3) is 16.6 Å². The van der Waals surface area contributed by atoms with Gasteiger partial charge < -0.3 is 14.6 Å². The first-order valence-electron chi connectivity index (χ1n) is 8.22. The van der Waals surface area contributed by atoms with Gasteiger partial charge in [-0.05, 0) is 31.2 Å². The number of ether oxygens (including phenoxy) is 1. The maximum atomic E-state index is 5.40. The number of methoxy groups -OCH3 is 1. The second-order valence-corrected chi connectivity index (χ2v) is 6.45. The van der Waals surface area contributed by atoms with Crippen molar-refractivity contribution in [1.29, 1.82) is 0 Å². The predicted molar refractivity (Wildman–Crippen MR) is 95.8 cm³/mol. The third-order valence-electron chi connectivity index (χ3n) is 4.99. The van der Waals surface area contributed by atoms with Gasteiger partial charge in [-0.15, -0.1) is 10.2 Å². The predicted octanol–water partition coefficient (Wildman–Crippen LogP) is 2.03. The monoisotopic (exact) mass is 334 g/mol. The van der Waals surface area contributed by atoms with Crippen LogP contribution in [0, 0.1) is 6.92 Å². The fourth-order valence-corrected chi connectivity index (χ4v) is 3.77. The van der Waals surface area contributed by atoms with E-state index in [-0.39, 0.29) is 12.2 Å². The number of rotatable bonds is 2. The molecular weight excluding hydrogens is 316 g/mol. The minimum atomic E-state index is -0.0296. The molecule has 0 radical (unpaired) electrons. The molecule has 2 atom stereocenters. The van der Waals surface area contributed by atoms with Crippen molar-refractivity contribution >= 4 is 22.8 Å². The molecule has 7 heteroatoms. The third kappa shape index (κ3) is 1.95. The molecule has 0 bridgehead atoms. The highest BCUT2D eigenvalue weighted by molar-refractivity contribution is 5.94. The summed E-state index contributed by atoms with van der Waals surface area (Å²) in [6, 6.07) is 6.24. The van der Waals surface area contributed by atoms with Crippen molar-refractivity contribution < 1.29 is 4.74 Å². The van der Waals surface area contributed by atoms with Gasteiger partial charge in [0.2, 0.25) is 0 Å². The molecule has 0 saturated carbocycles. The van der Waals surface area contributed by atoms with Gasteiger partial charge >= 0.3 is 0 Å². The van der Waals surface area contributed by atoms with E-state index >= 15 is 0 Å². The fraction of sp³-hybridized carbons (Fsp3) is 0.278. The van der Waals surface area contributed by atoms with E-state index in [2.05, 4.69) is 61.1 Å². The van der Waals surface area contributed by atoms with Crippen molar-refractivity contribution in [2.45, 2.75) is 19.1 Å². The first kappa shape index (κ1) is 14.3. The van der Waals surface area contributed by atoms with E-state index in [0.29, 0.717) is 0 Å². The van der Waals surface area contributed by atoms with Crippen LogP contribution in [0.4, 0.5) is 0 Å². The summed E-state index contributed by atoms with van der Waals surface area (Å²) in [4.78, 5) is 4.60. The van der Waals surface area contributed by atoms with Crippen molar-refractivity contribution in [2.24, 2.45) is 12.0 Å². The summed E-state index contributed by atoms with van der Waals surface area (Å²) < 4.78 is 9.66. The smallest absolute Gasteiger partial charge is 0.175 e. The first-order valence-corrected chi connectivity index (χ1v) is 8.22. The Balaban J connectivity index is 1.65. The van der Waals surface area contributed by atoms with Gasteiger partial charge in [0, 0.05) is 35.4 Å². The average molecular weight is 334 g/mol. The first-order chi connectivity index (χ1) is 12.2. The summed E-state index contributed by atoms with van der Waals surface area (Å²) in [6.07, 6.45) is 6.12. The lowest BCUT2D eigenvalue weighted by Crippen LogP contribution is -2.32. The molecule has 0 saturated heterocycles. The zero-order chi connectivity index (χ0) is 17.1. The van der Waals surface area contributed by atoms with Crippen LogP contribution in [0.15, 0.2) is 35.5 Å². The molecule has 2 aromatic heterocycles. The maximum absolute atomic E-state index is 5.40. The Morgan fingerprint density at radius 1 is 1.24 bits per heavy atom. The van der Waals surface area contributed by atoms with Gasteiger partial charge in [-0.2, -0.15) is 0 Å². The van der Waals surface area contributed by atoms with Crippen LogP contribution < -0.4 is 10.1 Å². The molecular formula is C18H18N6O. The number of benzene rings is 1. The SMILES string of the molecule is COc1ccc2c(c1)c(C1=CC3C(N=Cc4nnc(C)n43)N1)cn2C. The van der Waals surface area contributed by atoms with Crippen LogP contribution in [-0.2, 0) is 7.05 Å². The second-order valence-electron chi connectivity index (χ2n) is 6.45. The molecule has 0 amide bonds. The Hall–Kier alpha value is -3.09. The number of nitrogens with one attached hydrogen (secondary N) is 1. The van der Waals surface area contributed by atoms with Crippen LogP contribution >= 0.6 is 0 Å². The fourth-order valence-electron chi connectivity index (χ4n) is 3.77. The van der Waals surface area contributed by atoms with Gasteiger partial charge in [0.15, 0.2) is 5.82 Å². The van der Waals surface area contributed by atoms with Crippen molar-refractivity contribution in [2.75, 3.05) is 7.11 Å². The van der Waals surface area contributed by atoms with E-state index in [4.69, 9.17) is 4.74 Å². The van der Waals surface area contributed by atoms with E-state index in [9.17, 15) is 0 Å². The maximum Gasteiger partial charge on any atom is 0.175 e. The summed E-state index contributed by atoms with van der Waals surface area (Å²) in [5.41, 5.74) is 3.39. The number of aryl methyl sites for hydroxylation is 2. The number of aromatic nitrogens is 4. The van der Waals surface area contributed by atoms with Gasteiger partial charge in [0.05, 0.1) is 19.4 Å². The van der Waals surface area contributed by atoms with E-state index < -0.39 is 0 Å². The quantitative estimate of drug-likeness (QED) is 0.778. The van der Waals surface area contributed by atoms with Crippen molar-refractivity contribution in [3.63, 3.8) is 0 Å². The summed E-state index contributed by atoms with van der Waals surface area (Å²) in [7, 11) is 3.75. The molecule has 1 aromatic carbocycles. The second kappa shape index (κ2) is 4.95. The zero-order valence-electron chi connectivity index (χ0n) is 14.3. The van der Waals surface area contributed by atoms with Crippen molar-refractivity contribution in [3.05, 3.63) is 47.7 Å². The molecule has 5 rings (SSSR count). The Morgan fingerprint density at radius 2 is 2.12 bits per heavy atom. The van der Waals surface area contributed by atoms with Gasteiger partial charge in [-0.25, -0.2) is 0 Å². The van der Waals surface area contributed by atoms with Gasteiger partial charge in [-0.1, -0.05) is 0 Å². The average Bonchev–Trinajstić information content (AvgIpc) is 3.30. The molecule has 4 heterocycles. The Morgan fingerprint density at radius 3 is 2.96 bits per heavy atom. The Kier molecular flexibility index (Phi) is 2.83. The molecule has 0 spiro atoms. The van der Waals surface area contributed by atoms with Crippen molar-refractivity contribution in [1.82, 2.24) is 24.6 Å². The normalized spacial score (nSPS) is 21.0. The van der Waals surface area contributed by atoms with Crippen LogP contribution in [0.5, 0.6) is 5.75 Å². The highest BCUT2D eigenvalue weighted by Gasteiger charge is 2.34. The number of nitrogens with zero attached hydrogens (tertiary/aromatic N) is 5. The van der Waals surface area contributed by atoms with Gasteiger partial charge in [0.25, 0.3) is 0 Å². The topological polar surface area (TPSA) is 69.3 Å². The lowest BCUT2D eigenvalue weighted by atomic mass is 10.1. The van der Waals surface area contributed by atoms with Crippen LogP contribution in [0.2, 0.25) is 0 Å². The minimum Gasteiger partial charge on any atom is -0.497 e. The molecule has 7 nitrogen and oxygen atoms in total. The minimum absolute atomic E-state index is 0.0296. The molecule has 126 valence electrons. The third-order valence-corrected chi connectivity index (χ3v) is 4.99. The van der Waals surface area contributed by atoms with Crippen molar-refractivity contribution in [3.8, 4) is 5.75 Å². The molecule has 2 aliphatic heterocycles.